The zero-order valence-electron chi connectivity index (χ0n) is 17.2. The number of thiophene rings is 1. The maximum Gasteiger partial charge on any atom is 0.282 e. The van der Waals surface area contributed by atoms with E-state index in [1.54, 1.807) is 0 Å². The molecule has 0 aliphatic heterocycles. The van der Waals surface area contributed by atoms with Crippen LogP contribution in [0, 0.1) is 0 Å². The van der Waals surface area contributed by atoms with Gasteiger partial charge in [-0.25, -0.2) is 9.66 Å². The van der Waals surface area contributed by atoms with Gasteiger partial charge in [-0.15, -0.1) is 11.3 Å². The largest absolute Gasteiger partial charge is 0.334 e. The van der Waals surface area contributed by atoms with E-state index in [9.17, 15) is 9.59 Å². The van der Waals surface area contributed by atoms with Crippen molar-refractivity contribution in [3.8, 4) is 11.1 Å². The van der Waals surface area contributed by atoms with Crippen LogP contribution in [-0.2, 0) is 4.79 Å². The number of hydrogen-bond acceptors (Lipinski definition) is 6. The summed E-state index contributed by atoms with van der Waals surface area (Å²) in [7, 11) is 0. The molecule has 8 heteroatoms. The first-order valence-corrected chi connectivity index (χ1v) is 11.7. The lowest BCUT2D eigenvalue weighted by Gasteiger charge is -2.09. The molecule has 0 spiro atoms. The smallest absolute Gasteiger partial charge is 0.282 e. The number of amides is 1. The lowest BCUT2D eigenvalue weighted by atomic mass is 10.0. The zero-order chi connectivity index (χ0) is 22.0. The van der Waals surface area contributed by atoms with Crippen LogP contribution in [0.4, 0.5) is 5.69 Å². The molecular weight excluding hydrogens is 428 g/mol. The number of nitrogens with two attached hydrogens (primary N) is 1. The van der Waals surface area contributed by atoms with Crippen LogP contribution in [0.3, 0.4) is 0 Å². The van der Waals surface area contributed by atoms with Crippen LogP contribution in [0.2, 0.25) is 0 Å². The molecule has 3 N–H and O–H groups in total. The van der Waals surface area contributed by atoms with E-state index in [1.165, 1.54) is 16.9 Å². The van der Waals surface area contributed by atoms with Crippen LogP contribution in [0.25, 0.3) is 21.3 Å². The Morgan fingerprint density at radius 1 is 1.16 bits per heavy atom. The summed E-state index contributed by atoms with van der Waals surface area (Å²) < 4.78 is 1.02. The number of nitrogen functional groups attached to an aromatic ring is 1. The van der Waals surface area contributed by atoms with Gasteiger partial charge in [0.15, 0.2) is 5.16 Å². The Morgan fingerprint density at radius 2 is 1.87 bits per heavy atom. The number of carbonyl (C=O) groups excluding carboxylic acids is 1. The van der Waals surface area contributed by atoms with Gasteiger partial charge in [0.05, 0.1) is 11.1 Å². The Labute approximate surface area is 188 Å². The summed E-state index contributed by atoms with van der Waals surface area (Å²) in [5.74, 6) is 6.37. The zero-order valence-corrected chi connectivity index (χ0v) is 18.8. The van der Waals surface area contributed by atoms with Crippen LogP contribution in [0.15, 0.2) is 69.9 Å². The highest BCUT2D eigenvalue weighted by Gasteiger charge is 2.17. The summed E-state index contributed by atoms with van der Waals surface area (Å²) in [6.45, 7) is 4.24. The van der Waals surface area contributed by atoms with E-state index in [-0.39, 0.29) is 17.2 Å². The summed E-state index contributed by atoms with van der Waals surface area (Å²) in [6, 6.07) is 17.4. The number of thioether (sulfide) groups is 1. The SMILES string of the molecule is CC(C)c1ccc(NC(=O)CSc2nc3scc(-c4ccccc4)c3c(=O)n2N)cc1. The Balaban J connectivity index is 1.50. The minimum atomic E-state index is -0.322. The number of benzene rings is 2. The normalized spacial score (nSPS) is 11.2. The summed E-state index contributed by atoms with van der Waals surface area (Å²) in [5.41, 5.74) is 3.38. The number of rotatable bonds is 6. The second kappa shape index (κ2) is 8.95. The van der Waals surface area contributed by atoms with Crippen molar-refractivity contribution in [2.75, 3.05) is 16.9 Å². The molecule has 0 bridgehead atoms. The molecular formula is C23H22N4O2S2. The third-order valence-electron chi connectivity index (χ3n) is 4.89. The molecule has 2 heterocycles. The molecule has 1 amide bonds. The fourth-order valence-electron chi connectivity index (χ4n) is 3.20. The van der Waals surface area contributed by atoms with Crippen molar-refractivity contribution >= 4 is 44.9 Å². The number of carbonyl (C=O) groups is 1. The van der Waals surface area contributed by atoms with E-state index >= 15 is 0 Å². The number of nitrogens with zero attached hydrogens (tertiary/aromatic N) is 2. The van der Waals surface area contributed by atoms with E-state index in [0.29, 0.717) is 21.3 Å². The second-order valence-electron chi connectivity index (χ2n) is 7.38. The third-order valence-corrected chi connectivity index (χ3v) is 6.71. The molecule has 2 aromatic heterocycles. The van der Waals surface area contributed by atoms with E-state index in [1.807, 2.05) is 60.0 Å². The summed E-state index contributed by atoms with van der Waals surface area (Å²) >= 11 is 2.53. The standard InChI is InChI=1S/C23H22N4O2S2/c1-14(2)15-8-10-17(11-9-15)25-19(28)13-31-23-26-21-20(22(29)27(23)24)18(12-30-21)16-6-4-3-5-7-16/h3-12,14H,13,24H2,1-2H3,(H,25,28). The number of anilines is 1. The van der Waals surface area contributed by atoms with Crippen molar-refractivity contribution in [3.63, 3.8) is 0 Å². The van der Waals surface area contributed by atoms with E-state index < -0.39 is 0 Å². The third kappa shape index (κ3) is 4.50. The van der Waals surface area contributed by atoms with E-state index in [4.69, 9.17) is 5.84 Å². The fourth-order valence-corrected chi connectivity index (χ4v) is 4.90. The van der Waals surface area contributed by atoms with Crippen molar-refractivity contribution in [1.29, 1.82) is 0 Å². The molecule has 2 aromatic carbocycles. The molecule has 0 saturated carbocycles. The van der Waals surface area contributed by atoms with Gasteiger partial charge in [0.2, 0.25) is 5.91 Å². The number of fused-ring (bicyclic) bond motifs is 1. The molecule has 0 saturated heterocycles. The Morgan fingerprint density at radius 3 is 2.55 bits per heavy atom. The predicted molar refractivity (Wildman–Crippen MR) is 129 cm³/mol. The van der Waals surface area contributed by atoms with Gasteiger partial charge in [-0.1, -0.05) is 68.1 Å². The average Bonchev–Trinajstić information content (AvgIpc) is 3.20. The number of nitrogens with one attached hydrogen (secondary N) is 1. The fraction of sp³-hybridized carbons (Fsp3) is 0.174. The van der Waals surface area contributed by atoms with Crippen molar-refractivity contribution < 1.29 is 4.79 Å². The number of aromatic nitrogens is 2. The molecule has 0 atom stereocenters. The van der Waals surface area contributed by atoms with Gasteiger partial charge in [0.25, 0.3) is 5.56 Å². The van der Waals surface area contributed by atoms with Gasteiger partial charge in [-0.3, -0.25) is 9.59 Å². The Bertz CT molecular complexity index is 1280. The minimum absolute atomic E-state index is 0.0952. The Kier molecular flexibility index (Phi) is 6.11. The molecule has 6 nitrogen and oxygen atoms in total. The van der Waals surface area contributed by atoms with Crippen molar-refractivity contribution in [2.45, 2.75) is 24.9 Å². The molecule has 0 aliphatic rings. The van der Waals surface area contributed by atoms with Gasteiger partial charge in [0.1, 0.15) is 4.83 Å². The van der Waals surface area contributed by atoms with E-state index in [0.717, 1.165) is 33.3 Å². The van der Waals surface area contributed by atoms with Crippen LogP contribution >= 0.6 is 23.1 Å². The lowest BCUT2D eigenvalue weighted by molar-refractivity contribution is -0.113. The maximum atomic E-state index is 12.9. The average molecular weight is 451 g/mol. The maximum absolute atomic E-state index is 12.9. The highest BCUT2D eigenvalue weighted by Crippen LogP contribution is 2.31. The van der Waals surface area contributed by atoms with E-state index in [2.05, 4.69) is 24.1 Å². The van der Waals surface area contributed by atoms with Gasteiger partial charge in [0, 0.05) is 16.6 Å². The quantitative estimate of drug-likeness (QED) is 0.253. The van der Waals surface area contributed by atoms with Crippen molar-refractivity contribution in [3.05, 3.63) is 75.9 Å². The minimum Gasteiger partial charge on any atom is -0.334 e. The lowest BCUT2D eigenvalue weighted by Crippen LogP contribution is -2.30. The first-order chi connectivity index (χ1) is 14.9. The second-order valence-corrected chi connectivity index (χ2v) is 9.18. The van der Waals surface area contributed by atoms with Crippen LogP contribution in [-0.4, -0.2) is 21.3 Å². The number of hydrogen-bond donors (Lipinski definition) is 2. The van der Waals surface area contributed by atoms with Gasteiger partial charge in [-0.2, -0.15) is 0 Å². The monoisotopic (exact) mass is 450 g/mol. The molecule has 0 radical (unpaired) electrons. The van der Waals surface area contributed by atoms with Crippen LogP contribution < -0.4 is 16.7 Å². The van der Waals surface area contributed by atoms with Crippen molar-refractivity contribution in [1.82, 2.24) is 9.66 Å². The Hall–Kier alpha value is -3.10. The molecule has 158 valence electrons. The van der Waals surface area contributed by atoms with Crippen LogP contribution in [0.1, 0.15) is 25.3 Å². The van der Waals surface area contributed by atoms with Crippen molar-refractivity contribution in [2.24, 2.45) is 0 Å². The summed E-state index contributed by atoms with van der Waals surface area (Å²) in [5, 5.41) is 5.58. The molecule has 4 rings (SSSR count). The first kappa shape index (κ1) is 21.1. The molecule has 0 fully saturated rings. The summed E-state index contributed by atoms with van der Waals surface area (Å²) in [6.07, 6.45) is 0. The van der Waals surface area contributed by atoms with Crippen LogP contribution in [0.5, 0.6) is 0 Å². The van der Waals surface area contributed by atoms with Gasteiger partial charge in [-0.05, 0) is 29.2 Å². The van der Waals surface area contributed by atoms with Gasteiger partial charge >= 0.3 is 0 Å². The highest BCUT2D eigenvalue weighted by atomic mass is 32.2. The topological polar surface area (TPSA) is 90.0 Å². The first-order valence-electron chi connectivity index (χ1n) is 9.81. The molecule has 4 aromatic rings. The molecule has 0 unspecified atom stereocenters. The molecule has 31 heavy (non-hydrogen) atoms. The predicted octanol–water partition coefficient (Wildman–Crippen LogP) is 4.69. The molecule has 0 aliphatic carbocycles. The van der Waals surface area contributed by atoms with Gasteiger partial charge < -0.3 is 11.2 Å². The highest BCUT2D eigenvalue weighted by molar-refractivity contribution is 7.99. The summed E-state index contributed by atoms with van der Waals surface area (Å²) in [4.78, 5) is 30.4.